The van der Waals surface area contributed by atoms with Crippen LogP contribution in [0.5, 0.6) is 0 Å². The summed E-state index contributed by atoms with van der Waals surface area (Å²) in [7, 11) is 0. The fourth-order valence-corrected chi connectivity index (χ4v) is 4.97. The van der Waals surface area contributed by atoms with E-state index in [4.69, 9.17) is 16.7 Å². The summed E-state index contributed by atoms with van der Waals surface area (Å²) < 4.78 is 2.13. The summed E-state index contributed by atoms with van der Waals surface area (Å²) >= 11 is 6.13. The quantitative estimate of drug-likeness (QED) is 0.770. The van der Waals surface area contributed by atoms with Gasteiger partial charge in [-0.3, -0.25) is 9.48 Å². The molecular weight excluding hydrogens is 372 g/mol. The van der Waals surface area contributed by atoms with Crippen LogP contribution in [0.15, 0.2) is 24.3 Å². The highest BCUT2D eigenvalue weighted by Gasteiger charge is 2.51. The van der Waals surface area contributed by atoms with Gasteiger partial charge in [-0.2, -0.15) is 5.10 Å². The van der Waals surface area contributed by atoms with Crippen molar-refractivity contribution in [2.75, 3.05) is 31.1 Å². The van der Waals surface area contributed by atoms with Gasteiger partial charge in [0.25, 0.3) is 5.91 Å². The number of fused-ring (bicyclic) bond motifs is 3. The standard InChI is InChI=1S/C22H27ClN4O/c1-22(2,3)27-20-17-11-14(17)12-18(20)19(24-27)21(28)26-9-7-25(8-10-26)16-6-4-5-15(23)13-16/h4-6,13-14,17H,7-12H2,1-3H3/t14-,17-/m1/s1. The highest BCUT2D eigenvalue weighted by molar-refractivity contribution is 6.30. The molecule has 1 saturated heterocycles. The summed E-state index contributed by atoms with van der Waals surface area (Å²) in [6, 6.07) is 7.93. The molecular formula is C22H27ClN4O. The van der Waals surface area contributed by atoms with Crippen LogP contribution in [0, 0.1) is 5.92 Å². The molecule has 2 aliphatic carbocycles. The van der Waals surface area contributed by atoms with Crippen molar-refractivity contribution >= 4 is 23.2 Å². The molecule has 1 aromatic carbocycles. The van der Waals surface area contributed by atoms with E-state index in [0.717, 1.165) is 49.2 Å². The Balaban J connectivity index is 1.35. The van der Waals surface area contributed by atoms with Crippen molar-refractivity contribution in [1.29, 1.82) is 0 Å². The number of benzene rings is 1. The minimum absolute atomic E-state index is 0.0919. The van der Waals surface area contributed by atoms with Crippen molar-refractivity contribution in [2.45, 2.75) is 45.1 Å². The van der Waals surface area contributed by atoms with Crippen molar-refractivity contribution in [1.82, 2.24) is 14.7 Å². The van der Waals surface area contributed by atoms with E-state index in [1.54, 1.807) is 0 Å². The minimum atomic E-state index is -0.0919. The molecule has 2 aromatic rings. The van der Waals surface area contributed by atoms with Gasteiger partial charge in [0.1, 0.15) is 0 Å². The van der Waals surface area contributed by atoms with Gasteiger partial charge in [0, 0.05) is 54.1 Å². The molecule has 2 heterocycles. The molecule has 0 unspecified atom stereocenters. The van der Waals surface area contributed by atoms with Gasteiger partial charge in [0.2, 0.25) is 0 Å². The van der Waals surface area contributed by atoms with Gasteiger partial charge in [0.15, 0.2) is 5.69 Å². The van der Waals surface area contributed by atoms with E-state index in [9.17, 15) is 4.79 Å². The molecule has 28 heavy (non-hydrogen) atoms. The van der Waals surface area contributed by atoms with Crippen LogP contribution in [-0.4, -0.2) is 46.8 Å². The topological polar surface area (TPSA) is 41.4 Å². The highest BCUT2D eigenvalue weighted by atomic mass is 35.5. The number of nitrogens with zero attached hydrogens (tertiary/aromatic N) is 4. The van der Waals surface area contributed by atoms with Crippen LogP contribution in [0.25, 0.3) is 0 Å². The fraction of sp³-hybridized carbons (Fsp3) is 0.545. The Labute approximate surface area is 171 Å². The number of hydrogen-bond acceptors (Lipinski definition) is 3. The Hall–Kier alpha value is -2.01. The molecule has 1 aliphatic heterocycles. The zero-order chi connectivity index (χ0) is 19.6. The van der Waals surface area contributed by atoms with Crippen LogP contribution in [0.2, 0.25) is 5.02 Å². The lowest BCUT2D eigenvalue weighted by Crippen LogP contribution is -2.49. The predicted molar refractivity (Wildman–Crippen MR) is 111 cm³/mol. The zero-order valence-corrected chi connectivity index (χ0v) is 17.5. The van der Waals surface area contributed by atoms with Gasteiger partial charge >= 0.3 is 0 Å². The van der Waals surface area contributed by atoms with Crippen molar-refractivity contribution in [3.05, 3.63) is 46.2 Å². The molecule has 2 atom stereocenters. The molecule has 0 radical (unpaired) electrons. The van der Waals surface area contributed by atoms with Crippen molar-refractivity contribution < 1.29 is 4.79 Å². The van der Waals surface area contributed by atoms with Crippen LogP contribution < -0.4 is 4.90 Å². The molecule has 1 saturated carbocycles. The largest absolute Gasteiger partial charge is 0.368 e. The number of rotatable bonds is 2. The first kappa shape index (κ1) is 18.0. The molecule has 1 amide bonds. The lowest BCUT2D eigenvalue weighted by molar-refractivity contribution is 0.0738. The number of carbonyl (C=O) groups is 1. The van der Waals surface area contributed by atoms with Crippen LogP contribution in [0.4, 0.5) is 5.69 Å². The number of piperazine rings is 1. The Kier molecular flexibility index (Phi) is 4.02. The average Bonchev–Trinajstić information content (AvgIpc) is 3.15. The molecule has 0 bridgehead atoms. The van der Waals surface area contributed by atoms with E-state index in [-0.39, 0.29) is 11.4 Å². The second-order valence-electron chi connectivity index (χ2n) is 9.36. The maximum atomic E-state index is 13.3. The average molecular weight is 399 g/mol. The van der Waals surface area contributed by atoms with E-state index < -0.39 is 0 Å². The number of halogens is 1. The van der Waals surface area contributed by atoms with E-state index in [0.29, 0.717) is 11.6 Å². The van der Waals surface area contributed by atoms with Crippen molar-refractivity contribution in [2.24, 2.45) is 5.92 Å². The van der Waals surface area contributed by atoms with Crippen LogP contribution in [-0.2, 0) is 12.0 Å². The van der Waals surface area contributed by atoms with E-state index in [2.05, 4.69) is 36.4 Å². The summed E-state index contributed by atoms with van der Waals surface area (Å²) in [6.07, 6.45) is 2.29. The molecule has 148 valence electrons. The summed E-state index contributed by atoms with van der Waals surface area (Å²) in [5.74, 6) is 1.47. The summed E-state index contributed by atoms with van der Waals surface area (Å²) in [6.45, 7) is 9.60. The number of carbonyl (C=O) groups excluding carboxylic acids is 1. The molecule has 3 aliphatic rings. The van der Waals surface area contributed by atoms with Gasteiger partial charge in [-0.25, -0.2) is 0 Å². The Morgan fingerprint density at radius 1 is 1.18 bits per heavy atom. The number of anilines is 1. The molecule has 5 rings (SSSR count). The van der Waals surface area contributed by atoms with E-state index >= 15 is 0 Å². The predicted octanol–water partition coefficient (Wildman–Crippen LogP) is 3.91. The van der Waals surface area contributed by atoms with Crippen molar-refractivity contribution in [3.63, 3.8) is 0 Å². The summed E-state index contributed by atoms with van der Waals surface area (Å²) in [5, 5.41) is 5.59. The first-order valence-electron chi connectivity index (χ1n) is 10.2. The summed E-state index contributed by atoms with van der Waals surface area (Å²) in [5.41, 5.74) is 4.29. The molecule has 6 heteroatoms. The van der Waals surface area contributed by atoms with Crippen LogP contribution >= 0.6 is 11.6 Å². The third-order valence-corrected chi connectivity index (χ3v) is 6.58. The van der Waals surface area contributed by atoms with E-state index in [1.807, 2.05) is 23.1 Å². The van der Waals surface area contributed by atoms with Gasteiger partial charge in [-0.15, -0.1) is 0 Å². The maximum Gasteiger partial charge on any atom is 0.274 e. The number of aromatic nitrogens is 2. The van der Waals surface area contributed by atoms with Crippen LogP contribution in [0.3, 0.4) is 0 Å². The lowest BCUT2D eigenvalue weighted by Gasteiger charge is -2.36. The Morgan fingerprint density at radius 2 is 1.93 bits per heavy atom. The molecule has 5 nitrogen and oxygen atoms in total. The normalized spacial score (nSPS) is 23.6. The highest BCUT2D eigenvalue weighted by Crippen LogP contribution is 2.57. The van der Waals surface area contributed by atoms with E-state index in [1.165, 1.54) is 17.7 Å². The van der Waals surface area contributed by atoms with Crippen LogP contribution in [0.1, 0.15) is 54.9 Å². The number of hydrogen-bond donors (Lipinski definition) is 0. The monoisotopic (exact) mass is 398 g/mol. The first-order valence-corrected chi connectivity index (χ1v) is 10.6. The van der Waals surface area contributed by atoms with Gasteiger partial charge in [-0.05, 0) is 57.7 Å². The second kappa shape index (κ2) is 6.24. The Morgan fingerprint density at radius 3 is 2.61 bits per heavy atom. The SMILES string of the molecule is CC(C)(C)n1nc(C(=O)N2CCN(c3cccc(Cl)c3)CC2)c2c1[C@@H]1C[C@@H]1C2. The van der Waals surface area contributed by atoms with Gasteiger partial charge < -0.3 is 9.80 Å². The summed E-state index contributed by atoms with van der Waals surface area (Å²) in [4.78, 5) is 17.6. The molecule has 1 aromatic heterocycles. The van der Waals surface area contributed by atoms with Crippen molar-refractivity contribution in [3.8, 4) is 0 Å². The van der Waals surface area contributed by atoms with Gasteiger partial charge in [0.05, 0.1) is 5.54 Å². The first-order chi connectivity index (χ1) is 13.3. The molecule has 0 N–H and O–H groups in total. The van der Waals surface area contributed by atoms with Gasteiger partial charge in [-0.1, -0.05) is 17.7 Å². The maximum absolute atomic E-state index is 13.3. The molecule has 0 spiro atoms. The smallest absolute Gasteiger partial charge is 0.274 e. The lowest BCUT2D eigenvalue weighted by atomic mass is 10.1. The second-order valence-corrected chi connectivity index (χ2v) is 9.80. The Bertz CT molecular complexity index is 936. The number of amides is 1. The third kappa shape index (κ3) is 2.91. The zero-order valence-electron chi connectivity index (χ0n) is 16.8. The minimum Gasteiger partial charge on any atom is -0.368 e. The molecule has 2 fully saturated rings. The third-order valence-electron chi connectivity index (χ3n) is 6.34. The fourth-order valence-electron chi connectivity index (χ4n) is 4.79.